The van der Waals surface area contributed by atoms with Gasteiger partial charge in [0.05, 0.1) is 0 Å². The Kier molecular flexibility index (Phi) is 4.14. The molecule has 1 heterocycles. The molecule has 0 aliphatic carbocycles. The second-order valence-electron chi connectivity index (χ2n) is 4.42. The molecule has 4 heteroatoms. The van der Waals surface area contributed by atoms with Gasteiger partial charge < -0.3 is 4.90 Å². The molecule has 1 aliphatic heterocycles. The minimum atomic E-state index is -0.0458. The maximum Gasteiger partial charge on any atom is 0.226 e. The molecule has 1 aliphatic rings. The molecule has 0 N–H and O–H groups in total. The van der Waals surface area contributed by atoms with Gasteiger partial charge in [-0.3, -0.25) is 4.79 Å². The molecule has 0 aromatic rings. The van der Waals surface area contributed by atoms with E-state index in [2.05, 4.69) is 13.8 Å². The summed E-state index contributed by atoms with van der Waals surface area (Å²) < 4.78 is 0.194. The summed E-state index contributed by atoms with van der Waals surface area (Å²) in [5.74, 6) is 1.61. The molecule has 0 radical (unpaired) electrons. The molecular formula is C10H18ClNOS. The van der Waals surface area contributed by atoms with E-state index in [1.165, 1.54) is 0 Å². The molecule has 0 saturated carbocycles. The lowest BCUT2D eigenvalue weighted by molar-refractivity contribution is -0.134. The molecule has 1 saturated heterocycles. The van der Waals surface area contributed by atoms with E-state index in [0.717, 1.165) is 18.8 Å². The van der Waals surface area contributed by atoms with Crippen LogP contribution in [0.3, 0.4) is 0 Å². The van der Waals surface area contributed by atoms with Crippen LogP contribution < -0.4 is 0 Å². The molecule has 82 valence electrons. The van der Waals surface area contributed by atoms with E-state index in [9.17, 15) is 4.79 Å². The van der Waals surface area contributed by atoms with E-state index < -0.39 is 0 Å². The molecule has 1 unspecified atom stereocenters. The topological polar surface area (TPSA) is 20.3 Å². The van der Waals surface area contributed by atoms with Crippen LogP contribution in [0.1, 0.15) is 20.8 Å². The van der Waals surface area contributed by atoms with Gasteiger partial charge >= 0.3 is 0 Å². The van der Waals surface area contributed by atoms with E-state index >= 15 is 0 Å². The number of rotatable bonds is 2. The van der Waals surface area contributed by atoms with Gasteiger partial charge in [0, 0.05) is 35.4 Å². The number of hydrogen-bond donors (Lipinski definition) is 0. The van der Waals surface area contributed by atoms with Crippen molar-refractivity contribution in [1.82, 2.24) is 4.90 Å². The second kappa shape index (κ2) is 4.75. The number of carbonyl (C=O) groups is 1. The van der Waals surface area contributed by atoms with Crippen molar-refractivity contribution in [2.45, 2.75) is 25.5 Å². The minimum absolute atomic E-state index is 0.0458. The van der Waals surface area contributed by atoms with Gasteiger partial charge in [0.1, 0.15) is 0 Å². The summed E-state index contributed by atoms with van der Waals surface area (Å²) in [7, 11) is 0. The normalized spacial score (nSPS) is 23.3. The Morgan fingerprint density at radius 3 is 2.79 bits per heavy atom. The van der Waals surface area contributed by atoms with E-state index in [1.807, 2.05) is 23.6 Å². The van der Waals surface area contributed by atoms with Gasteiger partial charge in [-0.2, -0.15) is 11.8 Å². The Labute approximate surface area is 95.4 Å². The zero-order chi connectivity index (χ0) is 10.8. The van der Waals surface area contributed by atoms with Gasteiger partial charge in [0.15, 0.2) is 0 Å². The van der Waals surface area contributed by atoms with Gasteiger partial charge in [-0.05, 0) is 13.8 Å². The summed E-state index contributed by atoms with van der Waals surface area (Å²) in [6, 6.07) is 0. The Balaban J connectivity index is 2.56. The van der Waals surface area contributed by atoms with Crippen LogP contribution in [0.25, 0.3) is 0 Å². The number of thioether (sulfide) groups is 1. The van der Waals surface area contributed by atoms with Gasteiger partial charge in [0.25, 0.3) is 0 Å². The third kappa shape index (κ3) is 3.06. The van der Waals surface area contributed by atoms with Crippen LogP contribution in [0.5, 0.6) is 0 Å². The van der Waals surface area contributed by atoms with Gasteiger partial charge in [0.2, 0.25) is 5.91 Å². The smallest absolute Gasteiger partial charge is 0.226 e. The SMILES string of the molecule is CC(CCl)C(=O)N1CCSC(C)(C)C1. The second-order valence-corrected chi connectivity index (χ2v) is 6.53. The van der Waals surface area contributed by atoms with Crippen LogP contribution in [-0.4, -0.2) is 40.3 Å². The first-order chi connectivity index (χ1) is 6.46. The molecule has 1 atom stereocenters. The highest BCUT2D eigenvalue weighted by Gasteiger charge is 2.31. The molecule has 0 aromatic heterocycles. The monoisotopic (exact) mass is 235 g/mol. The van der Waals surface area contributed by atoms with Crippen molar-refractivity contribution in [2.75, 3.05) is 24.7 Å². The summed E-state index contributed by atoms with van der Waals surface area (Å²) in [4.78, 5) is 13.8. The lowest BCUT2D eigenvalue weighted by atomic mass is 10.1. The molecular weight excluding hydrogens is 218 g/mol. The van der Waals surface area contributed by atoms with Crippen LogP contribution in [0.4, 0.5) is 0 Å². The minimum Gasteiger partial charge on any atom is -0.340 e. The Morgan fingerprint density at radius 1 is 1.64 bits per heavy atom. The number of carbonyl (C=O) groups excluding carboxylic acids is 1. The molecule has 0 aromatic carbocycles. The lowest BCUT2D eigenvalue weighted by Gasteiger charge is -2.38. The lowest BCUT2D eigenvalue weighted by Crippen LogP contribution is -2.48. The van der Waals surface area contributed by atoms with Crippen LogP contribution in [0.15, 0.2) is 0 Å². The summed E-state index contributed by atoms with van der Waals surface area (Å²) in [6.45, 7) is 7.97. The van der Waals surface area contributed by atoms with Crippen molar-refractivity contribution in [2.24, 2.45) is 5.92 Å². The molecule has 1 amide bonds. The van der Waals surface area contributed by atoms with Gasteiger partial charge in [-0.1, -0.05) is 6.92 Å². The zero-order valence-corrected chi connectivity index (χ0v) is 10.6. The zero-order valence-electron chi connectivity index (χ0n) is 9.05. The largest absolute Gasteiger partial charge is 0.340 e. The number of alkyl halides is 1. The highest BCUT2D eigenvalue weighted by molar-refractivity contribution is 8.00. The molecule has 14 heavy (non-hydrogen) atoms. The number of amides is 1. The van der Waals surface area contributed by atoms with Crippen molar-refractivity contribution in [3.05, 3.63) is 0 Å². The van der Waals surface area contributed by atoms with Crippen LogP contribution >= 0.6 is 23.4 Å². The van der Waals surface area contributed by atoms with Gasteiger partial charge in [-0.15, -0.1) is 11.6 Å². The fourth-order valence-electron chi connectivity index (χ4n) is 1.58. The summed E-state index contributed by atoms with van der Waals surface area (Å²) >= 11 is 7.62. The van der Waals surface area contributed by atoms with Crippen molar-refractivity contribution < 1.29 is 4.79 Å². The third-order valence-electron chi connectivity index (χ3n) is 2.39. The highest BCUT2D eigenvalue weighted by Crippen LogP contribution is 2.30. The fraction of sp³-hybridized carbons (Fsp3) is 0.900. The maximum atomic E-state index is 11.8. The molecule has 0 spiro atoms. The van der Waals surface area contributed by atoms with Crippen LogP contribution in [0, 0.1) is 5.92 Å². The van der Waals surface area contributed by atoms with E-state index in [0.29, 0.717) is 5.88 Å². The van der Waals surface area contributed by atoms with Gasteiger partial charge in [-0.25, -0.2) is 0 Å². The Bertz CT molecular complexity index is 220. The van der Waals surface area contributed by atoms with E-state index in [4.69, 9.17) is 11.6 Å². The average molecular weight is 236 g/mol. The Hall–Kier alpha value is 0.110. The van der Waals surface area contributed by atoms with E-state index in [-0.39, 0.29) is 16.6 Å². The Morgan fingerprint density at radius 2 is 2.29 bits per heavy atom. The van der Waals surface area contributed by atoms with Crippen LogP contribution in [-0.2, 0) is 4.79 Å². The third-order valence-corrected chi connectivity index (χ3v) is 4.15. The number of hydrogen-bond acceptors (Lipinski definition) is 2. The molecule has 1 rings (SSSR count). The quantitative estimate of drug-likeness (QED) is 0.685. The standard InChI is InChI=1S/C10H18ClNOS/c1-8(6-11)9(13)12-4-5-14-10(2,3)7-12/h8H,4-7H2,1-3H3. The molecule has 1 fully saturated rings. The van der Waals surface area contributed by atoms with Crippen LogP contribution in [0.2, 0.25) is 0 Å². The first-order valence-corrected chi connectivity index (χ1v) is 6.47. The summed E-state index contributed by atoms with van der Waals surface area (Å²) in [5.41, 5.74) is 0. The van der Waals surface area contributed by atoms with E-state index in [1.54, 1.807) is 0 Å². The predicted molar refractivity (Wildman–Crippen MR) is 63.0 cm³/mol. The summed E-state index contributed by atoms with van der Waals surface area (Å²) in [6.07, 6.45) is 0. The van der Waals surface area contributed by atoms with Crippen molar-refractivity contribution in [3.8, 4) is 0 Å². The van der Waals surface area contributed by atoms with Crippen molar-refractivity contribution in [3.63, 3.8) is 0 Å². The predicted octanol–water partition coefficient (Wildman–Crippen LogP) is 2.22. The number of nitrogens with zero attached hydrogens (tertiary/aromatic N) is 1. The first kappa shape index (κ1) is 12.2. The summed E-state index contributed by atoms with van der Waals surface area (Å²) in [5, 5.41) is 0. The van der Waals surface area contributed by atoms with Crippen molar-refractivity contribution in [1.29, 1.82) is 0 Å². The van der Waals surface area contributed by atoms with Crippen molar-refractivity contribution >= 4 is 29.3 Å². The first-order valence-electron chi connectivity index (χ1n) is 4.95. The highest BCUT2D eigenvalue weighted by atomic mass is 35.5. The molecule has 0 bridgehead atoms. The molecule has 2 nitrogen and oxygen atoms in total. The maximum absolute atomic E-state index is 11.8. The number of halogens is 1. The fourth-order valence-corrected chi connectivity index (χ4v) is 2.83. The average Bonchev–Trinajstić information content (AvgIpc) is 2.14.